The predicted molar refractivity (Wildman–Crippen MR) is 134 cm³/mol. The minimum Gasteiger partial charge on any atom is -0.383 e. The maximum Gasteiger partial charge on any atom is 0.268 e. The molecular weight excluding hydrogens is 446 g/mol. The topological polar surface area (TPSA) is 95.8 Å². The summed E-state index contributed by atoms with van der Waals surface area (Å²) in [6.45, 7) is 1.81. The summed E-state index contributed by atoms with van der Waals surface area (Å²) in [7, 11) is -3.71. The molecule has 2 N–H and O–H groups in total. The number of nitrogens with two attached hydrogens (primary N) is 1. The van der Waals surface area contributed by atoms with Crippen molar-refractivity contribution in [2.45, 2.75) is 43.5 Å². The summed E-state index contributed by atoms with van der Waals surface area (Å²) >= 11 is 0. The Kier molecular flexibility index (Phi) is 4.74. The SMILES string of the molecule is Cc1ccccc1S(=O)(=O)n1ccc2cc(-c3cn(C4CCCC4)c4ncnc(N)c34)ccc21. The highest BCUT2D eigenvalue weighted by atomic mass is 32.2. The van der Waals surface area contributed by atoms with Crippen molar-refractivity contribution in [2.24, 2.45) is 0 Å². The summed E-state index contributed by atoms with van der Waals surface area (Å²) in [5.41, 5.74) is 10.4. The fourth-order valence-electron chi connectivity index (χ4n) is 5.23. The number of benzene rings is 2. The average molecular weight is 472 g/mol. The Labute approximate surface area is 197 Å². The van der Waals surface area contributed by atoms with Crippen LogP contribution in [0.3, 0.4) is 0 Å². The smallest absolute Gasteiger partial charge is 0.268 e. The van der Waals surface area contributed by atoms with Crippen LogP contribution in [0.2, 0.25) is 0 Å². The van der Waals surface area contributed by atoms with E-state index < -0.39 is 10.0 Å². The lowest BCUT2D eigenvalue weighted by molar-refractivity contribution is 0.532. The van der Waals surface area contributed by atoms with Crippen molar-refractivity contribution in [1.82, 2.24) is 18.5 Å². The van der Waals surface area contributed by atoms with E-state index in [9.17, 15) is 8.42 Å². The number of anilines is 1. The number of nitrogens with zero attached hydrogens (tertiary/aromatic N) is 4. The van der Waals surface area contributed by atoms with E-state index in [4.69, 9.17) is 5.73 Å². The summed E-state index contributed by atoms with van der Waals surface area (Å²) in [6.07, 6.45) is 9.97. The van der Waals surface area contributed by atoms with Crippen LogP contribution in [-0.2, 0) is 10.0 Å². The van der Waals surface area contributed by atoms with E-state index >= 15 is 0 Å². The van der Waals surface area contributed by atoms with Gasteiger partial charge in [-0.15, -0.1) is 0 Å². The molecule has 8 heteroatoms. The summed E-state index contributed by atoms with van der Waals surface area (Å²) < 4.78 is 30.4. The third-order valence-corrected chi connectivity index (χ3v) is 8.80. The second kappa shape index (κ2) is 7.70. The van der Waals surface area contributed by atoms with Crippen LogP contribution in [0.25, 0.3) is 33.1 Å². The van der Waals surface area contributed by atoms with Gasteiger partial charge in [-0.1, -0.05) is 37.1 Å². The van der Waals surface area contributed by atoms with Crippen molar-refractivity contribution in [2.75, 3.05) is 5.73 Å². The molecule has 0 radical (unpaired) electrons. The van der Waals surface area contributed by atoms with E-state index in [0.29, 0.717) is 22.3 Å². The third kappa shape index (κ3) is 3.13. The highest BCUT2D eigenvalue weighted by Gasteiger charge is 2.24. The standard InChI is InChI=1S/C26H25N5O2S/c1-17-6-2-5-9-23(17)34(32,33)31-13-12-19-14-18(10-11-22(19)31)21-15-30(20-7-3-4-8-20)26-24(21)25(27)28-16-29-26/h2,5-6,9-16,20H,3-4,7-8H2,1H3,(H2,27,28,29). The zero-order valence-corrected chi connectivity index (χ0v) is 19.7. The molecule has 0 unspecified atom stereocenters. The molecule has 6 rings (SSSR count). The maximum absolute atomic E-state index is 13.4. The summed E-state index contributed by atoms with van der Waals surface area (Å²) in [6, 6.07) is 15.1. The Hall–Kier alpha value is -3.65. The Bertz CT molecular complexity index is 1660. The van der Waals surface area contributed by atoms with Gasteiger partial charge in [0.15, 0.2) is 0 Å². The maximum atomic E-state index is 13.4. The molecule has 0 aliphatic heterocycles. The van der Waals surface area contributed by atoms with Gasteiger partial charge in [-0.2, -0.15) is 0 Å². The first kappa shape index (κ1) is 20.9. The molecule has 3 aromatic heterocycles. The van der Waals surface area contributed by atoms with Gasteiger partial charge in [0.2, 0.25) is 0 Å². The van der Waals surface area contributed by atoms with Gasteiger partial charge in [-0.25, -0.2) is 22.4 Å². The Morgan fingerprint density at radius 3 is 2.62 bits per heavy atom. The number of rotatable bonds is 4. The van der Waals surface area contributed by atoms with E-state index in [0.717, 1.165) is 46.0 Å². The van der Waals surface area contributed by atoms with Crippen molar-refractivity contribution >= 4 is 37.8 Å². The van der Waals surface area contributed by atoms with Gasteiger partial charge in [0.1, 0.15) is 17.8 Å². The lowest BCUT2D eigenvalue weighted by Gasteiger charge is -2.12. The highest BCUT2D eigenvalue weighted by molar-refractivity contribution is 7.90. The summed E-state index contributed by atoms with van der Waals surface area (Å²) in [5, 5.41) is 1.69. The molecule has 34 heavy (non-hydrogen) atoms. The fraction of sp³-hybridized carbons (Fsp3) is 0.231. The Balaban J connectivity index is 1.50. The van der Waals surface area contributed by atoms with Crippen LogP contribution in [0.5, 0.6) is 0 Å². The molecular formula is C26H25N5O2S. The van der Waals surface area contributed by atoms with Gasteiger partial charge < -0.3 is 10.3 Å². The monoisotopic (exact) mass is 471 g/mol. The van der Waals surface area contributed by atoms with Crippen molar-refractivity contribution in [1.29, 1.82) is 0 Å². The lowest BCUT2D eigenvalue weighted by Crippen LogP contribution is -2.13. The van der Waals surface area contributed by atoms with Gasteiger partial charge in [0.25, 0.3) is 10.0 Å². The van der Waals surface area contributed by atoms with E-state index in [1.54, 1.807) is 18.3 Å². The average Bonchev–Trinajstić information content (AvgIpc) is 3.57. The fourth-order valence-corrected chi connectivity index (χ4v) is 6.82. The van der Waals surface area contributed by atoms with E-state index in [1.807, 2.05) is 43.3 Å². The second-order valence-corrected chi connectivity index (χ2v) is 10.8. The largest absolute Gasteiger partial charge is 0.383 e. The van der Waals surface area contributed by atoms with Crippen LogP contribution >= 0.6 is 0 Å². The first-order valence-electron chi connectivity index (χ1n) is 11.5. The summed E-state index contributed by atoms with van der Waals surface area (Å²) in [4.78, 5) is 9.11. The molecule has 3 heterocycles. The van der Waals surface area contributed by atoms with Crippen LogP contribution in [0.4, 0.5) is 5.82 Å². The number of hydrogen-bond acceptors (Lipinski definition) is 5. The van der Waals surface area contributed by atoms with Gasteiger partial charge in [0, 0.05) is 29.4 Å². The molecule has 1 aliphatic rings. The number of fused-ring (bicyclic) bond motifs is 2. The highest BCUT2D eigenvalue weighted by Crippen LogP contribution is 2.39. The van der Waals surface area contributed by atoms with Crippen LogP contribution < -0.4 is 5.73 Å². The van der Waals surface area contributed by atoms with E-state index in [-0.39, 0.29) is 0 Å². The predicted octanol–water partition coefficient (Wildman–Crippen LogP) is 5.30. The molecule has 5 aromatic rings. The molecule has 0 bridgehead atoms. The molecule has 0 atom stereocenters. The minimum absolute atomic E-state index is 0.307. The molecule has 7 nitrogen and oxygen atoms in total. The zero-order chi connectivity index (χ0) is 23.4. The Morgan fingerprint density at radius 2 is 1.82 bits per heavy atom. The summed E-state index contributed by atoms with van der Waals surface area (Å²) in [5.74, 6) is 0.455. The van der Waals surface area contributed by atoms with Crippen LogP contribution in [0, 0.1) is 6.92 Å². The molecule has 0 spiro atoms. The van der Waals surface area contributed by atoms with Crippen molar-refractivity contribution < 1.29 is 8.42 Å². The van der Waals surface area contributed by atoms with E-state index in [1.165, 1.54) is 23.1 Å². The number of aromatic nitrogens is 4. The van der Waals surface area contributed by atoms with Gasteiger partial charge in [0.05, 0.1) is 15.8 Å². The molecule has 0 saturated heterocycles. The quantitative estimate of drug-likeness (QED) is 0.384. The Morgan fingerprint density at radius 1 is 1.03 bits per heavy atom. The molecule has 172 valence electrons. The van der Waals surface area contributed by atoms with Crippen LogP contribution in [0.15, 0.2) is 72.1 Å². The van der Waals surface area contributed by atoms with E-state index in [2.05, 4.69) is 20.7 Å². The van der Waals surface area contributed by atoms with Crippen molar-refractivity contribution in [3.63, 3.8) is 0 Å². The minimum atomic E-state index is -3.71. The zero-order valence-electron chi connectivity index (χ0n) is 18.8. The first-order valence-corrected chi connectivity index (χ1v) is 12.9. The first-order chi connectivity index (χ1) is 16.4. The van der Waals surface area contributed by atoms with Gasteiger partial charge in [-0.3, -0.25) is 0 Å². The molecule has 1 saturated carbocycles. The van der Waals surface area contributed by atoms with Crippen molar-refractivity contribution in [3.8, 4) is 11.1 Å². The molecule has 2 aromatic carbocycles. The molecule has 1 aliphatic carbocycles. The van der Waals surface area contributed by atoms with Gasteiger partial charge >= 0.3 is 0 Å². The molecule has 1 fully saturated rings. The van der Waals surface area contributed by atoms with Crippen molar-refractivity contribution in [3.05, 3.63) is 72.8 Å². The van der Waals surface area contributed by atoms with Gasteiger partial charge in [-0.05, 0) is 55.2 Å². The molecule has 0 amide bonds. The third-order valence-electron chi connectivity index (χ3n) is 6.95. The number of aryl methyl sites for hydroxylation is 1. The number of nitrogen functional groups attached to an aromatic ring is 1. The second-order valence-electron chi connectivity index (χ2n) is 9.00. The van der Waals surface area contributed by atoms with Crippen LogP contribution in [-0.4, -0.2) is 26.9 Å². The normalized spacial score (nSPS) is 15.0. The van der Waals surface area contributed by atoms with Crippen LogP contribution in [0.1, 0.15) is 37.3 Å². The lowest BCUT2D eigenvalue weighted by atomic mass is 10.0. The number of hydrogen-bond donors (Lipinski definition) is 1.